The van der Waals surface area contributed by atoms with Crippen molar-refractivity contribution >= 4 is 5.91 Å². The molecule has 0 saturated carbocycles. The number of aryl methyl sites for hydroxylation is 1. The van der Waals surface area contributed by atoms with E-state index in [1.165, 1.54) is 5.56 Å². The first-order valence-corrected chi connectivity index (χ1v) is 9.67. The largest absolute Gasteiger partial charge is 0.490 e. The van der Waals surface area contributed by atoms with E-state index in [0.717, 1.165) is 11.1 Å². The number of ether oxygens (including phenoxy) is 2. The zero-order valence-electron chi connectivity index (χ0n) is 17.1. The summed E-state index contributed by atoms with van der Waals surface area (Å²) in [6.45, 7) is 5.38. The Kier molecular flexibility index (Phi) is 6.85. The van der Waals surface area contributed by atoms with Crippen LogP contribution in [0.2, 0.25) is 0 Å². The van der Waals surface area contributed by atoms with Crippen LogP contribution >= 0.6 is 0 Å². The van der Waals surface area contributed by atoms with Crippen molar-refractivity contribution in [3.63, 3.8) is 0 Å². The molecule has 29 heavy (non-hydrogen) atoms. The lowest BCUT2D eigenvalue weighted by Gasteiger charge is -2.20. The van der Waals surface area contributed by atoms with Gasteiger partial charge in [0.2, 0.25) is 0 Å². The molecule has 0 aliphatic heterocycles. The Bertz CT molecular complexity index is 957. The predicted molar refractivity (Wildman–Crippen MR) is 113 cm³/mol. The zero-order valence-corrected chi connectivity index (χ0v) is 17.1. The van der Waals surface area contributed by atoms with Gasteiger partial charge in [-0.2, -0.15) is 0 Å². The van der Waals surface area contributed by atoms with Gasteiger partial charge in [-0.05, 0) is 49.2 Å². The smallest absolute Gasteiger partial charge is 0.254 e. The highest BCUT2D eigenvalue weighted by Gasteiger charge is 2.16. The Morgan fingerprint density at radius 3 is 2.59 bits per heavy atom. The van der Waals surface area contributed by atoms with Crippen LogP contribution in [-0.2, 0) is 13.2 Å². The van der Waals surface area contributed by atoms with Crippen LogP contribution in [0.1, 0.15) is 34.0 Å². The third-order valence-corrected chi connectivity index (χ3v) is 4.62. The van der Waals surface area contributed by atoms with Crippen molar-refractivity contribution in [2.75, 3.05) is 13.7 Å². The molecule has 1 heterocycles. The van der Waals surface area contributed by atoms with E-state index < -0.39 is 0 Å². The fraction of sp³-hybridized carbons (Fsp3) is 0.250. The first-order valence-electron chi connectivity index (χ1n) is 9.67. The molecule has 0 aliphatic rings. The molecule has 1 aromatic heterocycles. The van der Waals surface area contributed by atoms with Gasteiger partial charge in [-0.1, -0.05) is 30.3 Å². The molecule has 0 fully saturated rings. The molecule has 3 aromatic rings. The van der Waals surface area contributed by atoms with E-state index in [1.807, 2.05) is 44.3 Å². The van der Waals surface area contributed by atoms with Crippen LogP contribution < -0.4 is 9.47 Å². The molecular weight excluding hydrogens is 364 g/mol. The summed E-state index contributed by atoms with van der Waals surface area (Å²) in [6.07, 6.45) is 3.49. The molecule has 5 heteroatoms. The average molecular weight is 390 g/mol. The maximum absolute atomic E-state index is 12.9. The number of hydrogen-bond donors (Lipinski definition) is 0. The van der Waals surface area contributed by atoms with Gasteiger partial charge < -0.3 is 14.4 Å². The second-order valence-electron chi connectivity index (χ2n) is 6.83. The maximum Gasteiger partial charge on any atom is 0.254 e. The molecule has 0 unspecified atom stereocenters. The molecule has 1 amide bonds. The minimum Gasteiger partial charge on any atom is -0.490 e. The Morgan fingerprint density at radius 1 is 1.03 bits per heavy atom. The number of hydrogen-bond acceptors (Lipinski definition) is 4. The monoisotopic (exact) mass is 390 g/mol. The van der Waals surface area contributed by atoms with E-state index in [4.69, 9.17) is 9.47 Å². The highest BCUT2D eigenvalue weighted by atomic mass is 16.5. The number of carbonyl (C=O) groups is 1. The fourth-order valence-electron chi connectivity index (χ4n) is 3.01. The standard InChI is InChI=1S/C24H26N2O3/c1-4-28-23-14-20(11-12-22(23)29-17-19-9-7-13-25-15-19)24(27)26(3)16-21-10-6-5-8-18(21)2/h5-15H,4,16-17H2,1-3H3. The van der Waals surface area contributed by atoms with E-state index in [0.29, 0.717) is 36.8 Å². The van der Waals surface area contributed by atoms with Gasteiger partial charge in [0, 0.05) is 37.1 Å². The third-order valence-electron chi connectivity index (χ3n) is 4.62. The van der Waals surface area contributed by atoms with E-state index in [-0.39, 0.29) is 5.91 Å². The molecule has 0 aliphatic carbocycles. The van der Waals surface area contributed by atoms with Crippen molar-refractivity contribution < 1.29 is 14.3 Å². The second kappa shape index (κ2) is 9.73. The zero-order chi connectivity index (χ0) is 20.6. The highest BCUT2D eigenvalue weighted by Crippen LogP contribution is 2.30. The minimum absolute atomic E-state index is 0.0620. The van der Waals surface area contributed by atoms with Gasteiger partial charge in [0.25, 0.3) is 5.91 Å². The summed E-state index contributed by atoms with van der Waals surface area (Å²) in [5.41, 5.74) is 3.83. The Balaban J connectivity index is 1.74. The summed E-state index contributed by atoms with van der Waals surface area (Å²) in [5.74, 6) is 1.10. The lowest BCUT2D eigenvalue weighted by atomic mass is 10.1. The number of amides is 1. The molecule has 0 atom stereocenters. The van der Waals surface area contributed by atoms with Crippen molar-refractivity contribution in [2.24, 2.45) is 0 Å². The molecule has 3 rings (SSSR count). The van der Waals surface area contributed by atoms with Gasteiger partial charge >= 0.3 is 0 Å². The first kappa shape index (κ1) is 20.4. The molecule has 0 bridgehead atoms. The normalized spacial score (nSPS) is 10.4. The fourth-order valence-corrected chi connectivity index (χ4v) is 3.01. The Labute approximate surface area is 171 Å². The van der Waals surface area contributed by atoms with Crippen LogP contribution in [-0.4, -0.2) is 29.4 Å². The molecule has 5 nitrogen and oxygen atoms in total. The molecule has 150 valence electrons. The van der Waals surface area contributed by atoms with Crippen LogP contribution in [0.3, 0.4) is 0 Å². The van der Waals surface area contributed by atoms with Crippen molar-refractivity contribution in [1.29, 1.82) is 0 Å². The summed E-state index contributed by atoms with van der Waals surface area (Å²) in [4.78, 5) is 18.7. The summed E-state index contributed by atoms with van der Waals surface area (Å²) >= 11 is 0. The van der Waals surface area contributed by atoms with Crippen LogP contribution in [0, 0.1) is 6.92 Å². The van der Waals surface area contributed by atoms with Crippen LogP contribution in [0.5, 0.6) is 11.5 Å². The third kappa shape index (κ3) is 5.35. The first-order chi connectivity index (χ1) is 14.1. The summed E-state index contributed by atoms with van der Waals surface area (Å²) in [7, 11) is 1.81. The maximum atomic E-state index is 12.9. The molecule has 0 radical (unpaired) electrons. The van der Waals surface area contributed by atoms with Gasteiger partial charge in [-0.25, -0.2) is 0 Å². The molecule has 0 N–H and O–H groups in total. The van der Waals surface area contributed by atoms with Crippen molar-refractivity contribution in [1.82, 2.24) is 9.88 Å². The number of aromatic nitrogens is 1. The van der Waals surface area contributed by atoms with Crippen molar-refractivity contribution in [2.45, 2.75) is 27.0 Å². The van der Waals surface area contributed by atoms with Crippen LogP contribution in [0.4, 0.5) is 0 Å². The van der Waals surface area contributed by atoms with Crippen molar-refractivity contribution in [3.8, 4) is 11.5 Å². The summed E-state index contributed by atoms with van der Waals surface area (Å²) < 4.78 is 11.6. The molecule has 0 spiro atoms. The van der Waals surface area contributed by atoms with Gasteiger partial charge in [-0.15, -0.1) is 0 Å². The topological polar surface area (TPSA) is 51.7 Å². The van der Waals surface area contributed by atoms with E-state index >= 15 is 0 Å². The Hall–Kier alpha value is -3.34. The summed E-state index contributed by atoms with van der Waals surface area (Å²) in [5, 5.41) is 0. The Morgan fingerprint density at radius 2 is 1.86 bits per heavy atom. The van der Waals surface area contributed by atoms with Crippen LogP contribution in [0.25, 0.3) is 0 Å². The van der Waals surface area contributed by atoms with Gasteiger partial charge in [0.15, 0.2) is 11.5 Å². The number of benzene rings is 2. The second-order valence-corrected chi connectivity index (χ2v) is 6.83. The SMILES string of the molecule is CCOc1cc(C(=O)N(C)Cc2ccccc2C)ccc1OCc1cccnc1. The highest BCUT2D eigenvalue weighted by molar-refractivity contribution is 5.94. The van der Waals surface area contributed by atoms with Gasteiger partial charge in [-0.3, -0.25) is 9.78 Å². The average Bonchev–Trinajstić information content (AvgIpc) is 2.75. The van der Waals surface area contributed by atoms with Crippen LogP contribution in [0.15, 0.2) is 67.0 Å². The van der Waals surface area contributed by atoms with E-state index in [2.05, 4.69) is 18.0 Å². The van der Waals surface area contributed by atoms with E-state index in [9.17, 15) is 4.79 Å². The molecular formula is C24H26N2O3. The number of nitrogens with zero attached hydrogens (tertiary/aromatic N) is 2. The van der Waals surface area contributed by atoms with Crippen molar-refractivity contribution in [3.05, 3.63) is 89.2 Å². The van der Waals surface area contributed by atoms with Gasteiger partial charge in [0.1, 0.15) is 6.61 Å². The lowest BCUT2D eigenvalue weighted by molar-refractivity contribution is 0.0784. The molecule has 0 saturated heterocycles. The lowest BCUT2D eigenvalue weighted by Crippen LogP contribution is -2.26. The number of carbonyl (C=O) groups excluding carboxylic acids is 1. The number of pyridine rings is 1. The summed E-state index contributed by atoms with van der Waals surface area (Å²) in [6, 6.07) is 17.2. The van der Waals surface area contributed by atoms with E-state index in [1.54, 1.807) is 35.5 Å². The quantitative estimate of drug-likeness (QED) is 0.562. The molecule has 2 aromatic carbocycles. The van der Waals surface area contributed by atoms with Gasteiger partial charge in [0.05, 0.1) is 6.61 Å². The number of rotatable bonds is 8. The predicted octanol–water partition coefficient (Wildman–Crippen LogP) is 4.64. The minimum atomic E-state index is -0.0620.